The lowest BCUT2D eigenvalue weighted by Crippen LogP contribution is -2.42. The summed E-state index contributed by atoms with van der Waals surface area (Å²) in [4.78, 5) is 13.8. The van der Waals surface area contributed by atoms with Gasteiger partial charge in [0.2, 0.25) is 0 Å². The van der Waals surface area contributed by atoms with Crippen LogP contribution in [0.5, 0.6) is 0 Å². The van der Waals surface area contributed by atoms with E-state index >= 15 is 0 Å². The van der Waals surface area contributed by atoms with Gasteiger partial charge in [0.25, 0.3) is 6.43 Å². The first-order chi connectivity index (χ1) is 10.5. The van der Waals surface area contributed by atoms with Gasteiger partial charge in [-0.1, -0.05) is 0 Å². The Morgan fingerprint density at radius 2 is 2.18 bits per heavy atom. The molecule has 0 aliphatic heterocycles. The fraction of sp³-hybridized carbons (Fsp3) is 0.714. The number of amides is 2. The lowest BCUT2D eigenvalue weighted by Gasteiger charge is -2.34. The van der Waals surface area contributed by atoms with Crippen LogP contribution in [0.3, 0.4) is 0 Å². The highest BCUT2D eigenvalue weighted by molar-refractivity contribution is 5.89. The fourth-order valence-electron chi connectivity index (χ4n) is 2.76. The number of nitrogens with zero attached hydrogens (tertiary/aromatic N) is 3. The van der Waals surface area contributed by atoms with Gasteiger partial charge in [0.15, 0.2) is 0 Å². The van der Waals surface area contributed by atoms with Crippen LogP contribution in [0, 0.1) is 5.92 Å². The summed E-state index contributed by atoms with van der Waals surface area (Å²) in [6.07, 6.45) is 3.81. The molecular weight excluding hydrogens is 294 g/mol. The van der Waals surface area contributed by atoms with E-state index < -0.39 is 13.0 Å². The number of hydrogen-bond donors (Lipinski definition) is 2. The second-order valence-corrected chi connectivity index (χ2v) is 5.74. The van der Waals surface area contributed by atoms with Gasteiger partial charge in [-0.3, -0.25) is 4.68 Å². The molecule has 2 N–H and O–H groups in total. The predicted molar refractivity (Wildman–Crippen MR) is 77.8 cm³/mol. The van der Waals surface area contributed by atoms with E-state index in [0.717, 1.165) is 30.4 Å². The summed E-state index contributed by atoms with van der Waals surface area (Å²) in [6, 6.07) is -0.136. The number of carbonyl (C=O) groups excluding carboxylic acids is 1. The van der Waals surface area contributed by atoms with E-state index in [4.69, 9.17) is 5.11 Å². The first-order valence-electron chi connectivity index (χ1n) is 7.45. The van der Waals surface area contributed by atoms with Crippen LogP contribution in [0.2, 0.25) is 0 Å². The Morgan fingerprint density at radius 3 is 2.77 bits per heavy atom. The van der Waals surface area contributed by atoms with Crippen molar-refractivity contribution in [3.05, 3.63) is 12.4 Å². The molecule has 1 fully saturated rings. The Bertz CT molecular complexity index is 487. The third kappa shape index (κ3) is 4.40. The molecule has 1 aromatic rings. The number of nitrogens with one attached hydrogen (secondary N) is 1. The molecule has 8 heteroatoms. The Morgan fingerprint density at radius 1 is 1.50 bits per heavy atom. The molecule has 0 unspecified atom stereocenters. The molecule has 0 radical (unpaired) electrons. The highest BCUT2D eigenvalue weighted by Crippen LogP contribution is 2.27. The number of alkyl halides is 2. The van der Waals surface area contributed by atoms with Crippen LogP contribution >= 0.6 is 0 Å². The second-order valence-electron chi connectivity index (χ2n) is 5.74. The highest BCUT2D eigenvalue weighted by atomic mass is 19.3. The summed E-state index contributed by atoms with van der Waals surface area (Å²) < 4.78 is 25.6. The smallest absolute Gasteiger partial charge is 0.321 e. The van der Waals surface area contributed by atoms with Gasteiger partial charge in [-0.25, -0.2) is 13.6 Å². The molecule has 2 amide bonds. The van der Waals surface area contributed by atoms with Gasteiger partial charge in [-0.05, 0) is 31.6 Å². The van der Waals surface area contributed by atoms with Gasteiger partial charge in [0.1, 0.15) is 6.54 Å². The molecule has 6 nitrogen and oxygen atoms in total. The van der Waals surface area contributed by atoms with E-state index in [9.17, 15) is 13.6 Å². The van der Waals surface area contributed by atoms with Crippen LogP contribution < -0.4 is 5.32 Å². The average Bonchev–Trinajstić information content (AvgIpc) is 2.92. The van der Waals surface area contributed by atoms with Crippen molar-refractivity contribution in [3.8, 4) is 0 Å². The van der Waals surface area contributed by atoms with E-state index in [1.807, 2.05) is 0 Å². The second kappa shape index (κ2) is 7.53. The van der Waals surface area contributed by atoms with Crippen molar-refractivity contribution in [2.45, 2.75) is 44.7 Å². The van der Waals surface area contributed by atoms with E-state index in [1.54, 1.807) is 11.9 Å². The van der Waals surface area contributed by atoms with Crippen LogP contribution in [-0.2, 0) is 6.54 Å². The zero-order chi connectivity index (χ0) is 16.1. The number of anilines is 1. The van der Waals surface area contributed by atoms with Gasteiger partial charge in [-0.2, -0.15) is 5.10 Å². The minimum Gasteiger partial charge on any atom is -0.396 e. The number of rotatable bonds is 5. The quantitative estimate of drug-likeness (QED) is 0.874. The molecule has 0 spiro atoms. The van der Waals surface area contributed by atoms with Crippen molar-refractivity contribution in [2.24, 2.45) is 5.92 Å². The third-order valence-corrected chi connectivity index (χ3v) is 4.15. The molecule has 0 atom stereocenters. The molecule has 2 rings (SSSR count). The molecule has 1 aromatic heterocycles. The standard InChI is InChI=1S/C14H22F2N4O2/c1-19(12-4-2-10(9-21)3-5-12)14(22)18-11-6-17-20(7-11)8-13(15)16/h6-7,10,12-13,21H,2-5,8-9H2,1H3,(H,18,22). The van der Waals surface area contributed by atoms with Gasteiger partial charge >= 0.3 is 6.03 Å². The monoisotopic (exact) mass is 316 g/mol. The SMILES string of the molecule is CN(C(=O)Nc1cnn(CC(F)F)c1)C1CCC(CO)CC1. The average molecular weight is 316 g/mol. The lowest BCUT2D eigenvalue weighted by molar-refractivity contribution is 0.122. The molecule has 1 aliphatic carbocycles. The molecular formula is C14H22F2N4O2. The third-order valence-electron chi connectivity index (χ3n) is 4.15. The number of hydrogen-bond acceptors (Lipinski definition) is 3. The highest BCUT2D eigenvalue weighted by Gasteiger charge is 2.26. The van der Waals surface area contributed by atoms with Crippen LogP contribution in [0.4, 0.5) is 19.3 Å². The van der Waals surface area contributed by atoms with E-state index in [1.165, 1.54) is 12.4 Å². The zero-order valence-corrected chi connectivity index (χ0v) is 12.6. The van der Waals surface area contributed by atoms with Gasteiger partial charge in [-0.15, -0.1) is 0 Å². The van der Waals surface area contributed by atoms with Crippen molar-refractivity contribution >= 4 is 11.7 Å². The summed E-state index contributed by atoms with van der Waals surface area (Å²) in [6.45, 7) is -0.289. The van der Waals surface area contributed by atoms with E-state index in [-0.39, 0.29) is 18.7 Å². The maximum atomic E-state index is 12.2. The number of carbonyl (C=O) groups is 1. The summed E-state index contributed by atoms with van der Waals surface area (Å²) >= 11 is 0. The fourth-order valence-corrected chi connectivity index (χ4v) is 2.76. The van der Waals surface area contributed by atoms with Gasteiger partial charge in [0.05, 0.1) is 11.9 Å². The summed E-state index contributed by atoms with van der Waals surface area (Å²) in [5, 5.41) is 15.6. The molecule has 22 heavy (non-hydrogen) atoms. The largest absolute Gasteiger partial charge is 0.396 e. The Labute approximate surface area is 128 Å². The Kier molecular flexibility index (Phi) is 5.70. The number of aliphatic hydroxyl groups is 1. The lowest BCUT2D eigenvalue weighted by atomic mass is 9.86. The molecule has 1 heterocycles. The number of halogens is 2. The molecule has 1 saturated carbocycles. The van der Waals surface area contributed by atoms with Crippen molar-refractivity contribution in [1.82, 2.24) is 14.7 Å². The summed E-state index contributed by atoms with van der Waals surface area (Å²) in [5.74, 6) is 0.334. The molecule has 0 aromatic carbocycles. The van der Waals surface area contributed by atoms with Crippen LogP contribution in [-0.4, -0.2) is 51.9 Å². The van der Waals surface area contributed by atoms with Crippen molar-refractivity contribution in [3.63, 3.8) is 0 Å². The van der Waals surface area contributed by atoms with Crippen molar-refractivity contribution in [2.75, 3.05) is 19.0 Å². The van der Waals surface area contributed by atoms with Crippen LogP contribution in [0.15, 0.2) is 12.4 Å². The number of urea groups is 1. The first-order valence-corrected chi connectivity index (χ1v) is 7.45. The number of aliphatic hydroxyl groups excluding tert-OH is 1. The van der Waals surface area contributed by atoms with E-state index in [0.29, 0.717) is 11.6 Å². The summed E-state index contributed by atoms with van der Waals surface area (Å²) in [5.41, 5.74) is 0.404. The van der Waals surface area contributed by atoms with Crippen molar-refractivity contribution in [1.29, 1.82) is 0 Å². The van der Waals surface area contributed by atoms with Gasteiger partial charge < -0.3 is 15.3 Å². The molecule has 124 valence electrons. The maximum Gasteiger partial charge on any atom is 0.321 e. The zero-order valence-electron chi connectivity index (χ0n) is 12.6. The maximum absolute atomic E-state index is 12.2. The number of aromatic nitrogens is 2. The first kappa shape index (κ1) is 16.7. The minimum absolute atomic E-state index is 0.138. The van der Waals surface area contributed by atoms with E-state index in [2.05, 4.69) is 10.4 Å². The van der Waals surface area contributed by atoms with Crippen molar-refractivity contribution < 1.29 is 18.7 Å². The Hall–Kier alpha value is -1.70. The predicted octanol–water partition coefficient (Wildman–Crippen LogP) is 2.16. The molecule has 1 aliphatic rings. The van der Waals surface area contributed by atoms with Gasteiger partial charge in [0, 0.05) is 25.9 Å². The molecule has 0 saturated heterocycles. The normalized spacial score (nSPS) is 21.9. The minimum atomic E-state index is -2.48. The summed E-state index contributed by atoms with van der Waals surface area (Å²) in [7, 11) is 1.73. The molecule has 0 bridgehead atoms. The topological polar surface area (TPSA) is 70.4 Å². The van der Waals surface area contributed by atoms with Crippen LogP contribution in [0.1, 0.15) is 25.7 Å². The van der Waals surface area contributed by atoms with Crippen LogP contribution in [0.25, 0.3) is 0 Å². The Balaban J connectivity index is 1.85.